The van der Waals surface area contributed by atoms with Crippen molar-refractivity contribution in [2.75, 3.05) is 11.9 Å². The Kier molecular flexibility index (Phi) is 6.58. The molecule has 0 unspecified atom stereocenters. The quantitative estimate of drug-likeness (QED) is 0.381. The number of ether oxygens (including phenoxy) is 1. The molecule has 28 heavy (non-hydrogen) atoms. The van der Waals surface area contributed by atoms with Crippen LogP contribution in [0, 0.1) is 11.3 Å². The number of esters is 1. The number of nitrogens with one attached hydrogen (secondary N) is 1. The van der Waals surface area contributed by atoms with E-state index in [4.69, 9.17) is 4.74 Å². The van der Waals surface area contributed by atoms with E-state index in [1.807, 2.05) is 29.6 Å². The summed E-state index contributed by atoms with van der Waals surface area (Å²) in [6, 6.07) is 16.9. The van der Waals surface area contributed by atoms with Crippen molar-refractivity contribution in [2.24, 2.45) is 0 Å². The smallest absolute Gasteiger partial charge is 0.338 e. The number of halogens is 1. The molecule has 0 aliphatic heterocycles. The molecule has 7 heteroatoms. The second-order valence-corrected chi connectivity index (χ2v) is 7.43. The normalized spacial score (nSPS) is 11.0. The zero-order valence-electron chi connectivity index (χ0n) is 15.0. The molecular formula is C21H16BrN3O2S. The first-order valence-electron chi connectivity index (χ1n) is 8.46. The molecular weight excluding hydrogens is 438 g/mol. The van der Waals surface area contributed by atoms with Crippen molar-refractivity contribution in [1.82, 2.24) is 4.98 Å². The summed E-state index contributed by atoms with van der Waals surface area (Å²) in [6.45, 7) is 2.10. The number of aromatic nitrogens is 1. The van der Waals surface area contributed by atoms with Gasteiger partial charge in [0.25, 0.3) is 0 Å². The molecule has 3 aromatic rings. The summed E-state index contributed by atoms with van der Waals surface area (Å²) in [4.78, 5) is 16.2. The SMILES string of the molecule is CCOC(=O)c1ccc(N/C=C(\C#N)c2nc(-c3ccc(Br)cc3)cs2)cc1. The number of hydrogen-bond donors (Lipinski definition) is 1. The minimum atomic E-state index is -0.356. The fourth-order valence-electron chi connectivity index (χ4n) is 2.36. The molecule has 0 saturated carbocycles. The third-order valence-electron chi connectivity index (χ3n) is 3.77. The van der Waals surface area contributed by atoms with Gasteiger partial charge in [-0.15, -0.1) is 11.3 Å². The lowest BCUT2D eigenvalue weighted by Gasteiger charge is -2.04. The lowest BCUT2D eigenvalue weighted by atomic mass is 10.2. The third kappa shape index (κ3) is 4.85. The van der Waals surface area contributed by atoms with E-state index in [-0.39, 0.29) is 5.97 Å². The highest BCUT2D eigenvalue weighted by atomic mass is 79.9. The predicted molar refractivity (Wildman–Crippen MR) is 115 cm³/mol. The van der Waals surface area contributed by atoms with Gasteiger partial charge in [0.05, 0.1) is 17.9 Å². The van der Waals surface area contributed by atoms with Crippen LogP contribution in [0.5, 0.6) is 0 Å². The molecule has 0 atom stereocenters. The number of carbonyl (C=O) groups is 1. The average molecular weight is 454 g/mol. The molecule has 2 aromatic carbocycles. The second-order valence-electron chi connectivity index (χ2n) is 5.66. The number of nitriles is 1. The predicted octanol–water partition coefficient (Wildman–Crippen LogP) is 5.73. The van der Waals surface area contributed by atoms with Crippen LogP contribution in [0.25, 0.3) is 16.8 Å². The van der Waals surface area contributed by atoms with Crippen LogP contribution in [0.4, 0.5) is 5.69 Å². The van der Waals surface area contributed by atoms with Crippen LogP contribution in [0.2, 0.25) is 0 Å². The highest BCUT2D eigenvalue weighted by Crippen LogP contribution is 2.27. The van der Waals surface area contributed by atoms with Crippen LogP contribution in [0.15, 0.2) is 64.6 Å². The largest absolute Gasteiger partial charge is 0.462 e. The Bertz CT molecular complexity index is 1030. The standard InChI is InChI=1S/C21H16BrN3O2S/c1-2-27-21(26)15-5-9-18(10-6-15)24-12-16(11-23)20-25-19(13-28-20)14-3-7-17(22)8-4-14/h3-10,12-13,24H,2H2,1H3/b16-12+. The van der Waals surface area contributed by atoms with Crippen molar-refractivity contribution in [3.8, 4) is 17.3 Å². The zero-order chi connectivity index (χ0) is 19.9. The molecule has 0 radical (unpaired) electrons. The van der Waals surface area contributed by atoms with Crippen molar-refractivity contribution < 1.29 is 9.53 Å². The molecule has 3 rings (SSSR count). The molecule has 0 amide bonds. The van der Waals surface area contributed by atoms with Gasteiger partial charge in [0, 0.05) is 27.3 Å². The van der Waals surface area contributed by atoms with Crippen molar-refractivity contribution in [1.29, 1.82) is 5.26 Å². The van der Waals surface area contributed by atoms with E-state index in [0.717, 1.165) is 21.4 Å². The van der Waals surface area contributed by atoms with Gasteiger partial charge < -0.3 is 10.1 Å². The van der Waals surface area contributed by atoms with Gasteiger partial charge in [-0.25, -0.2) is 9.78 Å². The summed E-state index contributed by atoms with van der Waals surface area (Å²) < 4.78 is 5.96. The van der Waals surface area contributed by atoms with Gasteiger partial charge >= 0.3 is 5.97 Å². The van der Waals surface area contributed by atoms with Gasteiger partial charge in [0.15, 0.2) is 0 Å². The van der Waals surface area contributed by atoms with Crippen molar-refractivity contribution in [3.63, 3.8) is 0 Å². The topological polar surface area (TPSA) is 75.0 Å². The monoisotopic (exact) mass is 453 g/mol. The molecule has 0 fully saturated rings. The van der Waals surface area contributed by atoms with E-state index in [9.17, 15) is 10.1 Å². The first-order valence-corrected chi connectivity index (χ1v) is 10.1. The van der Waals surface area contributed by atoms with E-state index < -0.39 is 0 Å². The molecule has 0 bridgehead atoms. The van der Waals surface area contributed by atoms with E-state index in [1.54, 1.807) is 37.4 Å². The number of nitrogens with zero attached hydrogens (tertiary/aromatic N) is 2. The third-order valence-corrected chi connectivity index (χ3v) is 5.18. The summed E-state index contributed by atoms with van der Waals surface area (Å²) in [7, 11) is 0. The minimum Gasteiger partial charge on any atom is -0.462 e. The van der Waals surface area contributed by atoms with Crippen LogP contribution in [-0.4, -0.2) is 17.6 Å². The first kappa shape index (κ1) is 19.8. The zero-order valence-corrected chi connectivity index (χ0v) is 17.4. The molecule has 0 aliphatic rings. The number of anilines is 1. The summed E-state index contributed by atoms with van der Waals surface area (Å²) in [6.07, 6.45) is 1.61. The number of benzene rings is 2. The molecule has 5 nitrogen and oxygen atoms in total. The Morgan fingerprint density at radius 2 is 1.96 bits per heavy atom. The van der Waals surface area contributed by atoms with Crippen LogP contribution >= 0.6 is 27.3 Å². The average Bonchev–Trinajstić information content (AvgIpc) is 3.20. The number of rotatable bonds is 6. The maximum atomic E-state index is 11.7. The van der Waals surface area contributed by atoms with Crippen LogP contribution in [0.3, 0.4) is 0 Å². The Morgan fingerprint density at radius 1 is 1.25 bits per heavy atom. The van der Waals surface area contributed by atoms with Gasteiger partial charge in [-0.05, 0) is 43.3 Å². The number of hydrogen-bond acceptors (Lipinski definition) is 6. The first-order chi connectivity index (χ1) is 13.6. The summed E-state index contributed by atoms with van der Waals surface area (Å²) >= 11 is 4.83. The Labute approximate surface area is 175 Å². The lowest BCUT2D eigenvalue weighted by Crippen LogP contribution is -2.04. The lowest BCUT2D eigenvalue weighted by molar-refractivity contribution is 0.0526. The van der Waals surface area contributed by atoms with Crippen LogP contribution in [-0.2, 0) is 4.74 Å². The van der Waals surface area contributed by atoms with Crippen molar-refractivity contribution in [3.05, 3.63) is 75.2 Å². The molecule has 140 valence electrons. The molecule has 0 saturated heterocycles. The van der Waals surface area contributed by atoms with Crippen LogP contribution < -0.4 is 5.32 Å². The summed E-state index contributed by atoms with van der Waals surface area (Å²) in [5.74, 6) is -0.356. The molecule has 1 N–H and O–H groups in total. The van der Waals surface area contributed by atoms with Crippen molar-refractivity contribution in [2.45, 2.75) is 6.92 Å². The Morgan fingerprint density at radius 3 is 2.61 bits per heavy atom. The van der Waals surface area contributed by atoms with Crippen molar-refractivity contribution >= 4 is 44.5 Å². The van der Waals surface area contributed by atoms with E-state index >= 15 is 0 Å². The maximum absolute atomic E-state index is 11.7. The highest BCUT2D eigenvalue weighted by molar-refractivity contribution is 9.10. The van der Waals surface area contributed by atoms with Gasteiger partial charge in [-0.3, -0.25) is 0 Å². The fourth-order valence-corrected chi connectivity index (χ4v) is 3.42. The molecule has 0 aliphatic carbocycles. The van der Waals surface area contributed by atoms with Gasteiger partial charge in [0.2, 0.25) is 0 Å². The van der Waals surface area contributed by atoms with E-state index in [0.29, 0.717) is 22.8 Å². The number of allylic oxidation sites excluding steroid dienone is 1. The second kappa shape index (κ2) is 9.31. The fraction of sp³-hybridized carbons (Fsp3) is 0.0952. The van der Waals surface area contributed by atoms with E-state index in [2.05, 4.69) is 32.3 Å². The maximum Gasteiger partial charge on any atom is 0.338 e. The summed E-state index contributed by atoms with van der Waals surface area (Å²) in [5.41, 5.74) is 3.49. The number of carbonyl (C=O) groups excluding carboxylic acids is 1. The van der Waals surface area contributed by atoms with Gasteiger partial charge in [-0.2, -0.15) is 5.26 Å². The Hall–Kier alpha value is -2.95. The Balaban J connectivity index is 1.73. The van der Waals surface area contributed by atoms with Gasteiger partial charge in [0.1, 0.15) is 16.6 Å². The minimum absolute atomic E-state index is 0.336. The van der Waals surface area contributed by atoms with Gasteiger partial charge in [-0.1, -0.05) is 28.1 Å². The summed E-state index contributed by atoms with van der Waals surface area (Å²) in [5, 5.41) is 15.1. The molecule has 1 aromatic heterocycles. The highest BCUT2D eigenvalue weighted by Gasteiger charge is 2.09. The van der Waals surface area contributed by atoms with E-state index in [1.165, 1.54) is 11.3 Å². The van der Waals surface area contributed by atoms with Crippen LogP contribution in [0.1, 0.15) is 22.3 Å². The molecule has 0 spiro atoms. The number of thiazole rings is 1. The molecule has 1 heterocycles.